The smallest absolute Gasteiger partial charge is 0.232 e. The highest BCUT2D eigenvalue weighted by molar-refractivity contribution is 6.06. The van der Waals surface area contributed by atoms with Crippen LogP contribution in [0.5, 0.6) is 0 Å². The molecule has 0 radical (unpaired) electrons. The van der Waals surface area contributed by atoms with Crippen LogP contribution in [0.3, 0.4) is 0 Å². The van der Waals surface area contributed by atoms with E-state index in [1.165, 1.54) is 89.4 Å². The molecule has 1 aliphatic carbocycles. The van der Waals surface area contributed by atoms with Gasteiger partial charge in [0.05, 0.1) is 12.6 Å². The maximum Gasteiger partial charge on any atom is 0.294 e. The van der Waals surface area contributed by atoms with Crippen LogP contribution in [-0.4, -0.2) is 4.57 Å². The Hall–Kier alpha value is -5.47. The molecular formula is C47H43N2+. The zero-order valence-electron chi connectivity index (χ0n) is 29.3. The Balaban J connectivity index is 1.48. The van der Waals surface area contributed by atoms with Gasteiger partial charge in [0.25, 0.3) is 5.82 Å². The van der Waals surface area contributed by atoms with Crippen molar-refractivity contribution in [2.24, 2.45) is 7.05 Å². The Morgan fingerprint density at radius 2 is 0.959 bits per heavy atom. The number of benzene rings is 6. The predicted octanol–water partition coefficient (Wildman–Crippen LogP) is 12.2. The second-order valence-corrected chi connectivity index (χ2v) is 14.1. The molecule has 0 unspecified atom stereocenters. The van der Waals surface area contributed by atoms with E-state index in [0.29, 0.717) is 11.8 Å². The Bertz CT molecular complexity index is 2320. The van der Waals surface area contributed by atoms with Crippen molar-refractivity contribution >= 4 is 0 Å². The van der Waals surface area contributed by atoms with Crippen LogP contribution in [-0.2, 0) is 7.05 Å². The molecule has 240 valence electrons. The first-order chi connectivity index (χ1) is 23.8. The summed E-state index contributed by atoms with van der Waals surface area (Å²) in [4.78, 5) is 0. The lowest BCUT2D eigenvalue weighted by atomic mass is 9.78. The number of aryl methyl sites for hydroxylation is 2. The standard InChI is InChI=1S/C47H43N2/c1-30(2)42-28-34(33-16-8-7-9-17-33)29-43(31(3)4)46(42)49-27-26-48(6)47(49)44-32(5)24-25-41-39-22-13-12-20-37(39)35-18-10-11-19-36(35)38-21-14-15-23-40(38)45(41)44/h7-31H,1-6H3/q+1. The molecule has 7 aromatic rings. The van der Waals surface area contributed by atoms with Crippen LogP contribution in [0.1, 0.15) is 56.2 Å². The quantitative estimate of drug-likeness (QED) is 0.166. The molecular weight excluding hydrogens is 593 g/mol. The van der Waals surface area contributed by atoms with Crippen molar-refractivity contribution in [1.82, 2.24) is 4.57 Å². The summed E-state index contributed by atoms with van der Waals surface area (Å²) < 4.78 is 4.81. The molecule has 0 saturated heterocycles. The van der Waals surface area contributed by atoms with Gasteiger partial charge in [-0.2, -0.15) is 4.57 Å². The molecule has 0 N–H and O–H groups in total. The minimum absolute atomic E-state index is 0.332. The molecule has 8 rings (SSSR count). The number of nitrogens with zero attached hydrogens (tertiary/aromatic N) is 2. The van der Waals surface area contributed by atoms with Crippen LogP contribution in [0.2, 0.25) is 0 Å². The topological polar surface area (TPSA) is 8.81 Å². The van der Waals surface area contributed by atoms with Gasteiger partial charge in [-0.25, -0.2) is 4.57 Å². The number of imidazole rings is 1. The summed E-state index contributed by atoms with van der Waals surface area (Å²) in [7, 11) is 2.20. The number of aromatic nitrogens is 2. The third-order valence-corrected chi connectivity index (χ3v) is 10.3. The summed E-state index contributed by atoms with van der Waals surface area (Å²) in [6.45, 7) is 11.6. The van der Waals surface area contributed by atoms with Gasteiger partial charge in [0.1, 0.15) is 18.1 Å². The zero-order chi connectivity index (χ0) is 33.8. The molecule has 1 heterocycles. The monoisotopic (exact) mass is 635 g/mol. The number of fused-ring (bicyclic) bond motifs is 8. The summed E-state index contributed by atoms with van der Waals surface area (Å²) in [6, 6.07) is 47.2. The second kappa shape index (κ2) is 12.2. The summed E-state index contributed by atoms with van der Waals surface area (Å²) in [5.74, 6) is 1.85. The third kappa shape index (κ3) is 5.06. The fraction of sp³-hybridized carbons (Fsp3) is 0.170. The second-order valence-electron chi connectivity index (χ2n) is 14.1. The number of hydrogen-bond acceptors (Lipinski definition) is 0. The minimum atomic E-state index is 0.332. The maximum absolute atomic E-state index is 2.49. The zero-order valence-corrected chi connectivity index (χ0v) is 29.3. The van der Waals surface area contributed by atoms with Gasteiger partial charge < -0.3 is 0 Å². The van der Waals surface area contributed by atoms with Gasteiger partial charge in [-0.15, -0.1) is 0 Å². The average Bonchev–Trinajstić information content (AvgIpc) is 3.50. The largest absolute Gasteiger partial charge is 0.294 e. The summed E-state index contributed by atoms with van der Waals surface area (Å²) in [5, 5.41) is 0. The molecule has 2 nitrogen and oxygen atoms in total. The third-order valence-electron chi connectivity index (χ3n) is 10.3. The Kier molecular flexibility index (Phi) is 7.68. The average molecular weight is 636 g/mol. The van der Waals surface area contributed by atoms with E-state index in [-0.39, 0.29) is 0 Å². The lowest BCUT2D eigenvalue weighted by molar-refractivity contribution is -0.659. The van der Waals surface area contributed by atoms with Crippen molar-refractivity contribution < 1.29 is 4.57 Å². The van der Waals surface area contributed by atoms with Crippen LogP contribution in [0.4, 0.5) is 0 Å². The van der Waals surface area contributed by atoms with Gasteiger partial charge in [-0.3, -0.25) is 0 Å². The van der Waals surface area contributed by atoms with Crippen molar-refractivity contribution in [3.8, 4) is 72.7 Å². The first-order valence-electron chi connectivity index (χ1n) is 17.6. The van der Waals surface area contributed by atoms with E-state index in [0.717, 1.165) is 0 Å². The number of hydrogen-bond donors (Lipinski definition) is 0. The van der Waals surface area contributed by atoms with Gasteiger partial charge in [0, 0.05) is 16.7 Å². The molecule has 0 aliphatic heterocycles. The summed E-state index contributed by atoms with van der Waals surface area (Å²) in [6.07, 6.45) is 4.51. The fourth-order valence-corrected chi connectivity index (χ4v) is 7.93. The van der Waals surface area contributed by atoms with Crippen molar-refractivity contribution in [2.45, 2.75) is 46.5 Å². The van der Waals surface area contributed by atoms with Crippen molar-refractivity contribution in [3.63, 3.8) is 0 Å². The van der Waals surface area contributed by atoms with Gasteiger partial charge in [0.2, 0.25) is 0 Å². The van der Waals surface area contributed by atoms with Gasteiger partial charge >= 0.3 is 0 Å². The summed E-state index contributed by atoms with van der Waals surface area (Å²) in [5.41, 5.74) is 19.2. The van der Waals surface area contributed by atoms with Gasteiger partial charge in [-0.05, 0) is 86.5 Å². The van der Waals surface area contributed by atoms with E-state index in [1.807, 2.05) is 0 Å². The number of rotatable bonds is 5. The van der Waals surface area contributed by atoms with E-state index >= 15 is 0 Å². The van der Waals surface area contributed by atoms with Crippen LogP contribution >= 0.6 is 0 Å². The Morgan fingerprint density at radius 3 is 1.49 bits per heavy atom. The molecule has 0 atom stereocenters. The predicted molar refractivity (Wildman–Crippen MR) is 206 cm³/mol. The van der Waals surface area contributed by atoms with E-state index in [9.17, 15) is 0 Å². The lowest BCUT2D eigenvalue weighted by Crippen LogP contribution is -2.30. The van der Waals surface area contributed by atoms with Crippen molar-refractivity contribution in [3.05, 3.63) is 156 Å². The molecule has 6 aromatic carbocycles. The maximum atomic E-state index is 2.49. The normalized spacial score (nSPS) is 11.8. The highest BCUT2D eigenvalue weighted by Gasteiger charge is 2.32. The summed E-state index contributed by atoms with van der Waals surface area (Å²) >= 11 is 0. The fourth-order valence-electron chi connectivity index (χ4n) is 7.93. The molecule has 2 heteroatoms. The molecule has 0 bridgehead atoms. The van der Waals surface area contributed by atoms with E-state index < -0.39 is 0 Å². The first-order valence-corrected chi connectivity index (χ1v) is 17.6. The van der Waals surface area contributed by atoms with Crippen LogP contribution in [0.15, 0.2) is 140 Å². The van der Waals surface area contributed by atoms with E-state index in [2.05, 4.69) is 191 Å². The van der Waals surface area contributed by atoms with E-state index in [1.54, 1.807) is 0 Å². The highest BCUT2D eigenvalue weighted by atomic mass is 15.1. The van der Waals surface area contributed by atoms with Gasteiger partial charge in [0.15, 0.2) is 0 Å². The van der Waals surface area contributed by atoms with Crippen molar-refractivity contribution in [2.75, 3.05) is 0 Å². The van der Waals surface area contributed by atoms with E-state index in [4.69, 9.17) is 0 Å². The van der Waals surface area contributed by atoms with Crippen molar-refractivity contribution in [1.29, 1.82) is 0 Å². The Labute approximate surface area is 291 Å². The lowest BCUT2D eigenvalue weighted by Gasteiger charge is -2.25. The molecule has 0 fully saturated rings. The Morgan fingerprint density at radius 1 is 0.490 bits per heavy atom. The van der Waals surface area contributed by atoms with Gasteiger partial charge in [-0.1, -0.05) is 143 Å². The van der Waals surface area contributed by atoms with Crippen LogP contribution in [0.25, 0.3) is 72.7 Å². The molecule has 0 amide bonds. The molecule has 1 aromatic heterocycles. The SMILES string of the molecule is Cc1ccc2c(c1-c1n(-c3c(C(C)C)cc(-c4ccccc4)cc3C(C)C)cc[n+]1C)-c1ccccc1-c1ccccc1-c1ccccc1-2. The molecule has 0 spiro atoms. The van der Waals surface area contributed by atoms with Crippen LogP contribution < -0.4 is 4.57 Å². The van der Waals surface area contributed by atoms with Crippen LogP contribution in [0, 0.1) is 6.92 Å². The molecule has 49 heavy (non-hydrogen) atoms. The minimum Gasteiger partial charge on any atom is -0.232 e. The first kappa shape index (κ1) is 30.8. The molecule has 0 saturated carbocycles. The highest BCUT2D eigenvalue weighted by Crippen LogP contribution is 2.51. The molecule has 1 aliphatic rings.